The zero-order valence-corrected chi connectivity index (χ0v) is 11.0. The third-order valence-electron chi connectivity index (χ3n) is 3.45. The summed E-state index contributed by atoms with van der Waals surface area (Å²) >= 11 is 0. The molecule has 4 nitrogen and oxygen atoms in total. The van der Waals surface area contributed by atoms with Crippen LogP contribution < -0.4 is 10.5 Å². The van der Waals surface area contributed by atoms with Crippen molar-refractivity contribution in [3.05, 3.63) is 42.5 Å². The van der Waals surface area contributed by atoms with Gasteiger partial charge in [-0.05, 0) is 31.9 Å². The molecule has 2 heterocycles. The molecule has 0 spiro atoms. The minimum Gasteiger partial charge on any atom is -0.490 e. The Kier molecular flexibility index (Phi) is 2.95. The molecule has 4 heteroatoms. The van der Waals surface area contributed by atoms with Gasteiger partial charge in [-0.1, -0.05) is 6.07 Å². The zero-order chi connectivity index (χ0) is 13.3. The highest BCUT2D eigenvalue weighted by atomic mass is 16.5. The van der Waals surface area contributed by atoms with Gasteiger partial charge in [0.15, 0.2) is 0 Å². The molecule has 2 aromatic rings. The largest absolute Gasteiger partial charge is 0.490 e. The molecular formula is C15H17N3O. The second-order valence-electron chi connectivity index (χ2n) is 5.20. The van der Waals surface area contributed by atoms with Gasteiger partial charge in [-0.2, -0.15) is 0 Å². The van der Waals surface area contributed by atoms with E-state index in [-0.39, 0.29) is 5.54 Å². The SMILES string of the molecule is Cc1ncc(OCC2(N)CC2)cc1-c1cccnc1. The first-order chi connectivity index (χ1) is 9.16. The fourth-order valence-corrected chi connectivity index (χ4v) is 1.94. The van der Waals surface area contributed by atoms with Crippen molar-refractivity contribution in [1.82, 2.24) is 9.97 Å². The van der Waals surface area contributed by atoms with Crippen LogP contribution in [0.1, 0.15) is 18.5 Å². The van der Waals surface area contributed by atoms with E-state index in [1.807, 2.05) is 31.3 Å². The Hall–Kier alpha value is -1.94. The molecule has 2 aromatic heterocycles. The molecule has 0 atom stereocenters. The van der Waals surface area contributed by atoms with Gasteiger partial charge in [0, 0.05) is 29.2 Å². The zero-order valence-electron chi connectivity index (χ0n) is 11.0. The van der Waals surface area contributed by atoms with Gasteiger partial charge in [0.1, 0.15) is 12.4 Å². The highest BCUT2D eigenvalue weighted by molar-refractivity contribution is 5.66. The lowest BCUT2D eigenvalue weighted by molar-refractivity contribution is 0.278. The van der Waals surface area contributed by atoms with Crippen LogP contribution in [0, 0.1) is 6.92 Å². The molecule has 19 heavy (non-hydrogen) atoms. The summed E-state index contributed by atoms with van der Waals surface area (Å²) in [6.07, 6.45) is 7.43. The maximum atomic E-state index is 6.02. The minimum atomic E-state index is -0.112. The number of rotatable bonds is 4. The Balaban J connectivity index is 1.83. The van der Waals surface area contributed by atoms with Gasteiger partial charge in [-0.25, -0.2) is 0 Å². The van der Waals surface area contributed by atoms with Crippen molar-refractivity contribution in [2.75, 3.05) is 6.61 Å². The molecule has 0 bridgehead atoms. The Morgan fingerprint density at radius 2 is 2.21 bits per heavy atom. The second-order valence-corrected chi connectivity index (χ2v) is 5.20. The van der Waals surface area contributed by atoms with E-state index in [0.29, 0.717) is 6.61 Å². The van der Waals surface area contributed by atoms with Crippen LogP contribution in [-0.2, 0) is 0 Å². The molecule has 3 rings (SSSR count). The molecule has 98 valence electrons. The predicted octanol–water partition coefficient (Wildman–Crippen LogP) is 2.32. The highest BCUT2D eigenvalue weighted by Crippen LogP contribution is 2.33. The van der Waals surface area contributed by atoms with E-state index in [0.717, 1.165) is 35.4 Å². The highest BCUT2D eigenvalue weighted by Gasteiger charge is 2.39. The summed E-state index contributed by atoms with van der Waals surface area (Å²) in [6, 6.07) is 5.94. The smallest absolute Gasteiger partial charge is 0.138 e. The molecule has 0 radical (unpaired) electrons. The van der Waals surface area contributed by atoms with E-state index < -0.39 is 0 Å². The van der Waals surface area contributed by atoms with Gasteiger partial charge >= 0.3 is 0 Å². The average molecular weight is 255 g/mol. The van der Waals surface area contributed by atoms with E-state index >= 15 is 0 Å². The molecule has 0 saturated heterocycles. The molecule has 0 unspecified atom stereocenters. The lowest BCUT2D eigenvalue weighted by Crippen LogP contribution is -2.29. The van der Waals surface area contributed by atoms with Gasteiger partial charge in [0.25, 0.3) is 0 Å². The number of nitrogens with zero attached hydrogens (tertiary/aromatic N) is 2. The van der Waals surface area contributed by atoms with Gasteiger partial charge < -0.3 is 10.5 Å². The summed E-state index contributed by atoms with van der Waals surface area (Å²) in [6.45, 7) is 2.54. The van der Waals surface area contributed by atoms with Gasteiger partial charge in [-0.3, -0.25) is 9.97 Å². The van der Waals surface area contributed by atoms with Crippen LogP contribution in [0.5, 0.6) is 5.75 Å². The topological polar surface area (TPSA) is 61.0 Å². The van der Waals surface area contributed by atoms with Gasteiger partial charge in [0.05, 0.1) is 11.7 Å². The molecule has 1 fully saturated rings. The van der Waals surface area contributed by atoms with Crippen LogP contribution in [-0.4, -0.2) is 22.1 Å². The van der Waals surface area contributed by atoms with E-state index in [9.17, 15) is 0 Å². The first kappa shape index (κ1) is 12.1. The molecule has 0 amide bonds. The van der Waals surface area contributed by atoms with Gasteiger partial charge in [0.2, 0.25) is 0 Å². The van der Waals surface area contributed by atoms with Crippen LogP contribution in [0.4, 0.5) is 0 Å². The number of hydrogen-bond donors (Lipinski definition) is 1. The summed E-state index contributed by atoms with van der Waals surface area (Å²) in [5, 5.41) is 0. The second kappa shape index (κ2) is 4.63. The third kappa shape index (κ3) is 2.74. The lowest BCUT2D eigenvalue weighted by atomic mass is 10.1. The first-order valence-corrected chi connectivity index (χ1v) is 6.45. The quantitative estimate of drug-likeness (QED) is 0.910. The van der Waals surface area contributed by atoms with Crippen LogP contribution in [0.25, 0.3) is 11.1 Å². The molecule has 1 aliphatic rings. The summed E-state index contributed by atoms with van der Waals surface area (Å²) in [5.41, 5.74) is 8.97. The number of pyridine rings is 2. The summed E-state index contributed by atoms with van der Waals surface area (Å²) in [4.78, 5) is 8.52. The molecular weight excluding hydrogens is 238 g/mol. The summed E-state index contributed by atoms with van der Waals surface area (Å²) in [7, 11) is 0. The maximum absolute atomic E-state index is 6.02. The standard InChI is InChI=1S/C15H17N3O/c1-11-14(12-3-2-6-17-8-12)7-13(9-18-11)19-10-15(16)4-5-15/h2-3,6-9H,4-5,10,16H2,1H3. The molecule has 1 saturated carbocycles. The fourth-order valence-electron chi connectivity index (χ4n) is 1.94. The monoisotopic (exact) mass is 255 g/mol. The number of nitrogens with two attached hydrogens (primary N) is 1. The third-order valence-corrected chi connectivity index (χ3v) is 3.45. The summed E-state index contributed by atoms with van der Waals surface area (Å²) in [5.74, 6) is 0.765. The minimum absolute atomic E-state index is 0.112. The Morgan fingerprint density at radius 1 is 1.37 bits per heavy atom. The lowest BCUT2D eigenvalue weighted by Gasteiger charge is -2.12. The van der Waals surface area contributed by atoms with Crippen LogP contribution >= 0.6 is 0 Å². The van der Waals surface area contributed by atoms with Crippen molar-refractivity contribution >= 4 is 0 Å². The Morgan fingerprint density at radius 3 is 2.89 bits per heavy atom. The normalized spacial score (nSPS) is 16.1. The number of aromatic nitrogens is 2. The maximum Gasteiger partial charge on any atom is 0.138 e. The molecule has 1 aliphatic carbocycles. The van der Waals surface area contributed by atoms with Crippen LogP contribution in [0.2, 0.25) is 0 Å². The fraction of sp³-hybridized carbons (Fsp3) is 0.333. The van der Waals surface area contributed by atoms with Crippen molar-refractivity contribution in [2.45, 2.75) is 25.3 Å². The van der Waals surface area contributed by atoms with Crippen LogP contribution in [0.15, 0.2) is 36.8 Å². The molecule has 0 aliphatic heterocycles. The van der Waals surface area contributed by atoms with E-state index in [1.165, 1.54) is 0 Å². The van der Waals surface area contributed by atoms with Crippen molar-refractivity contribution in [3.8, 4) is 16.9 Å². The van der Waals surface area contributed by atoms with E-state index in [2.05, 4.69) is 9.97 Å². The summed E-state index contributed by atoms with van der Waals surface area (Å²) < 4.78 is 5.74. The number of ether oxygens (including phenoxy) is 1. The number of aryl methyl sites for hydroxylation is 1. The van der Waals surface area contributed by atoms with Crippen LogP contribution in [0.3, 0.4) is 0 Å². The van der Waals surface area contributed by atoms with Crippen molar-refractivity contribution in [2.24, 2.45) is 5.73 Å². The van der Waals surface area contributed by atoms with Gasteiger partial charge in [-0.15, -0.1) is 0 Å². The average Bonchev–Trinajstić information content (AvgIpc) is 3.17. The molecule has 2 N–H and O–H groups in total. The van der Waals surface area contributed by atoms with E-state index in [1.54, 1.807) is 12.4 Å². The number of hydrogen-bond acceptors (Lipinski definition) is 4. The van der Waals surface area contributed by atoms with Crippen molar-refractivity contribution in [3.63, 3.8) is 0 Å². The Bertz CT molecular complexity index is 579. The van der Waals surface area contributed by atoms with E-state index in [4.69, 9.17) is 10.5 Å². The predicted molar refractivity (Wildman–Crippen MR) is 73.9 cm³/mol. The first-order valence-electron chi connectivity index (χ1n) is 6.45. The van der Waals surface area contributed by atoms with Crippen molar-refractivity contribution < 1.29 is 4.74 Å². The van der Waals surface area contributed by atoms with Crippen molar-refractivity contribution in [1.29, 1.82) is 0 Å². The molecule has 0 aromatic carbocycles. The Labute approximate surface area is 112 Å².